The van der Waals surface area contributed by atoms with Gasteiger partial charge in [-0.1, -0.05) is 24.3 Å². The van der Waals surface area contributed by atoms with Crippen LogP contribution in [0.3, 0.4) is 0 Å². The van der Waals surface area contributed by atoms with Gasteiger partial charge in [0.05, 0.1) is 5.69 Å². The summed E-state index contributed by atoms with van der Waals surface area (Å²) >= 11 is 7.25. The number of hydrogen-bond acceptors (Lipinski definition) is 1. The van der Waals surface area contributed by atoms with Gasteiger partial charge in [0.15, 0.2) is 0 Å². The lowest BCUT2D eigenvalue weighted by atomic mass is 10.1. The van der Waals surface area contributed by atoms with Crippen molar-refractivity contribution in [3.05, 3.63) is 62.0 Å². The molecule has 2 aromatic rings. The summed E-state index contributed by atoms with van der Waals surface area (Å²) in [6.07, 6.45) is 2.71. The summed E-state index contributed by atoms with van der Waals surface area (Å²) in [6.45, 7) is 2.94. The van der Waals surface area contributed by atoms with Crippen LogP contribution >= 0.6 is 31.9 Å². The van der Waals surface area contributed by atoms with Crippen molar-refractivity contribution in [1.82, 2.24) is 0 Å². The molecule has 0 bridgehead atoms. The van der Waals surface area contributed by atoms with Crippen molar-refractivity contribution in [3.63, 3.8) is 0 Å². The van der Waals surface area contributed by atoms with Gasteiger partial charge in [-0.2, -0.15) is 0 Å². The molecule has 0 radical (unpaired) electrons. The third-order valence-corrected chi connectivity index (χ3v) is 4.91. The first-order valence-corrected chi connectivity index (χ1v) is 8.50. The SMILES string of the molecule is Cc1cc(Br)c(NCc2cccc(C3CC3)c2)c(Br)c1. The summed E-state index contributed by atoms with van der Waals surface area (Å²) in [7, 11) is 0. The van der Waals surface area contributed by atoms with Crippen LogP contribution in [0.2, 0.25) is 0 Å². The third kappa shape index (κ3) is 3.26. The van der Waals surface area contributed by atoms with E-state index < -0.39 is 0 Å². The van der Waals surface area contributed by atoms with E-state index in [1.807, 2.05) is 0 Å². The van der Waals surface area contributed by atoms with Crippen molar-refractivity contribution in [2.45, 2.75) is 32.2 Å². The fourth-order valence-electron chi connectivity index (χ4n) is 2.43. The van der Waals surface area contributed by atoms with Crippen molar-refractivity contribution < 1.29 is 0 Å². The molecule has 1 aliphatic rings. The molecule has 0 amide bonds. The van der Waals surface area contributed by atoms with Crippen molar-refractivity contribution >= 4 is 37.5 Å². The number of nitrogens with one attached hydrogen (secondary N) is 1. The summed E-state index contributed by atoms with van der Waals surface area (Å²) < 4.78 is 2.20. The molecule has 0 heterocycles. The average Bonchev–Trinajstić information content (AvgIpc) is 3.22. The Morgan fingerprint density at radius 3 is 2.45 bits per heavy atom. The highest BCUT2D eigenvalue weighted by molar-refractivity contribution is 9.11. The Balaban J connectivity index is 1.74. The molecule has 20 heavy (non-hydrogen) atoms. The van der Waals surface area contributed by atoms with Crippen LogP contribution in [0.4, 0.5) is 5.69 Å². The average molecular weight is 395 g/mol. The highest BCUT2D eigenvalue weighted by Crippen LogP contribution is 2.40. The highest BCUT2D eigenvalue weighted by Gasteiger charge is 2.23. The minimum atomic E-state index is 0.813. The third-order valence-electron chi connectivity index (χ3n) is 3.66. The molecule has 0 saturated heterocycles. The van der Waals surface area contributed by atoms with Gasteiger partial charge in [0, 0.05) is 15.5 Å². The Labute approximate surface area is 137 Å². The summed E-state index contributed by atoms with van der Waals surface area (Å²) in [6, 6.07) is 13.2. The maximum Gasteiger partial charge on any atom is 0.0631 e. The highest BCUT2D eigenvalue weighted by atomic mass is 79.9. The second kappa shape index (κ2) is 5.90. The van der Waals surface area contributed by atoms with Crippen molar-refractivity contribution in [3.8, 4) is 0 Å². The van der Waals surface area contributed by atoms with Gasteiger partial charge < -0.3 is 5.32 Å². The molecule has 0 spiro atoms. The van der Waals surface area contributed by atoms with Crippen molar-refractivity contribution in [1.29, 1.82) is 0 Å². The maximum absolute atomic E-state index is 3.63. The first kappa shape index (κ1) is 14.2. The fraction of sp³-hybridized carbons (Fsp3) is 0.294. The number of hydrogen-bond donors (Lipinski definition) is 1. The Kier molecular flexibility index (Phi) is 4.18. The predicted octanol–water partition coefficient (Wildman–Crippen LogP) is 6.01. The van der Waals surface area contributed by atoms with E-state index in [9.17, 15) is 0 Å². The molecule has 1 N–H and O–H groups in total. The van der Waals surface area contributed by atoms with Crippen LogP contribution in [0.1, 0.15) is 35.4 Å². The summed E-state index contributed by atoms with van der Waals surface area (Å²) in [5, 5.41) is 3.52. The number of rotatable bonds is 4. The molecule has 3 heteroatoms. The molecular weight excluding hydrogens is 378 g/mol. The first-order valence-electron chi connectivity index (χ1n) is 6.92. The van der Waals surface area contributed by atoms with E-state index >= 15 is 0 Å². The largest absolute Gasteiger partial charge is 0.379 e. The Bertz CT molecular complexity index is 610. The van der Waals surface area contributed by atoms with Gasteiger partial charge in [-0.25, -0.2) is 0 Å². The summed E-state index contributed by atoms with van der Waals surface area (Å²) in [5.74, 6) is 0.813. The van der Waals surface area contributed by atoms with Gasteiger partial charge in [0.2, 0.25) is 0 Å². The molecule has 1 fully saturated rings. The Morgan fingerprint density at radius 1 is 1.10 bits per heavy atom. The standard InChI is InChI=1S/C17H17Br2N/c1-11-7-15(18)17(16(19)8-11)20-10-12-3-2-4-14(9-12)13-5-6-13/h2-4,7-9,13,20H,5-6,10H2,1H3. The van der Waals surface area contributed by atoms with E-state index in [-0.39, 0.29) is 0 Å². The molecule has 0 aliphatic heterocycles. The topological polar surface area (TPSA) is 12.0 Å². The second-order valence-electron chi connectivity index (χ2n) is 5.48. The van der Waals surface area contributed by atoms with Crippen LogP contribution < -0.4 is 5.32 Å². The van der Waals surface area contributed by atoms with Crippen LogP contribution in [0, 0.1) is 6.92 Å². The number of halogens is 2. The zero-order valence-corrected chi connectivity index (χ0v) is 14.6. The minimum absolute atomic E-state index is 0.813. The van der Waals surface area contributed by atoms with Gasteiger partial charge >= 0.3 is 0 Å². The zero-order chi connectivity index (χ0) is 14.1. The maximum atomic E-state index is 3.63. The van der Waals surface area contributed by atoms with Gasteiger partial charge in [0.1, 0.15) is 0 Å². The molecule has 3 rings (SSSR count). The number of benzene rings is 2. The molecule has 0 atom stereocenters. The van der Waals surface area contributed by atoms with Gasteiger partial charge in [-0.3, -0.25) is 0 Å². The molecule has 1 aliphatic carbocycles. The lowest BCUT2D eigenvalue weighted by Crippen LogP contribution is -2.01. The molecule has 0 aromatic heterocycles. The van der Waals surface area contributed by atoms with E-state index in [4.69, 9.17) is 0 Å². The van der Waals surface area contributed by atoms with E-state index in [2.05, 4.69) is 80.5 Å². The molecule has 104 valence electrons. The lowest BCUT2D eigenvalue weighted by molar-refractivity contribution is 1.08. The van der Waals surface area contributed by atoms with E-state index in [1.54, 1.807) is 0 Å². The lowest BCUT2D eigenvalue weighted by Gasteiger charge is -2.12. The van der Waals surface area contributed by atoms with E-state index in [0.717, 1.165) is 27.1 Å². The van der Waals surface area contributed by atoms with Gasteiger partial charge in [0.25, 0.3) is 0 Å². The number of aryl methyl sites for hydroxylation is 1. The fourth-order valence-corrected chi connectivity index (χ4v) is 4.13. The molecular formula is C17H17Br2N. The quantitative estimate of drug-likeness (QED) is 0.669. The predicted molar refractivity (Wildman–Crippen MR) is 92.3 cm³/mol. The van der Waals surface area contributed by atoms with Gasteiger partial charge in [-0.15, -0.1) is 0 Å². The molecule has 1 saturated carbocycles. The molecule has 0 unspecified atom stereocenters. The van der Waals surface area contributed by atoms with E-state index in [1.165, 1.54) is 29.5 Å². The Morgan fingerprint density at radius 2 is 1.80 bits per heavy atom. The van der Waals surface area contributed by atoms with Crippen LogP contribution in [-0.2, 0) is 6.54 Å². The first-order chi connectivity index (χ1) is 9.63. The van der Waals surface area contributed by atoms with Crippen molar-refractivity contribution in [2.24, 2.45) is 0 Å². The monoisotopic (exact) mass is 393 g/mol. The van der Waals surface area contributed by atoms with Crippen molar-refractivity contribution in [2.75, 3.05) is 5.32 Å². The van der Waals surface area contributed by atoms with Crippen LogP contribution in [-0.4, -0.2) is 0 Å². The van der Waals surface area contributed by atoms with Crippen LogP contribution in [0.15, 0.2) is 45.3 Å². The zero-order valence-electron chi connectivity index (χ0n) is 11.4. The smallest absolute Gasteiger partial charge is 0.0631 e. The summed E-state index contributed by atoms with van der Waals surface area (Å²) in [5.41, 5.74) is 5.19. The van der Waals surface area contributed by atoms with Crippen LogP contribution in [0.25, 0.3) is 0 Å². The van der Waals surface area contributed by atoms with Crippen LogP contribution in [0.5, 0.6) is 0 Å². The second-order valence-corrected chi connectivity index (χ2v) is 7.19. The Hall–Kier alpha value is -0.800. The van der Waals surface area contributed by atoms with E-state index in [0.29, 0.717) is 0 Å². The summed E-state index contributed by atoms with van der Waals surface area (Å²) in [4.78, 5) is 0. The van der Waals surface area contributed by atoms with Gasteiger partial charge in [-0.05, 0) is 86.4 Å². The minimum Gasteiger partial charge on any atom is -0.379 e. The normalized spacial score (nSPS) is 14.3. The number of anilines is 1. The molecule has 2 aromatic carbocycles. The molecule has 1 nitrogen and oxygen atoms in total.